The molecule has 0 aliphatic heterocycles. The first-order chi connectivity index (χ1) is 9.11. The molecule has 2 aromatic rings. The number of esters is 1. The van der Waals surface area contributed by atoms with Crippen molar-refractivity contribution in [3.63, 3.8) is 0 Å². The van der Waals surface area contributed by atoms with Gasteiger partial charge < -0.3 is 9.84 Å². The molecule has 0 bridgehead atoms. The Morgan fingerprint density at radius 3 is 3.00 bits per heavy atom. The number of ether oxygens (including phenoxy) is 1. The maximum Gasteiger partial charge on any atom is 0.346 e. The van der Waals surface area contributed by atoms with Crippen molar-refractivity contribution in [3.8, 4) is 0 Å². The molecule has 19 heavy (non-hydrogen) atoms. The van der Waals surface area contributed by atoms with Crippen LogP contribution in [0, 0.1) is 0 Å². The van der Waals surface area contributed by atoms with Crippen LogP contribution in [-0.2, 0) is 11.3 Å². The molecule has 1 N–H and O–H groups in total. The minimum atomic E-state index is -0.956. The van der Waals surface area contributed by atoms with Gasteiger partial charge in [0, 0.05) is 6.20 Å². The van der Waals surface area contributed by atoms with Crippen LogP contribution in [0.2, 0.25) is 0 Å². The van der Waals surface area contributed by atoms with E-state index in [2.05, 4.69) is 5.10 Å². The summed E-state index contributed by atoms with van der Waals surface area (Å²) in [5.74, 6) is -1.39. The number of carbonyl (C=O) groups excluding carboxylic acids is 1. The third-order valence-corrected chi connectivity index (χ3v) is 3.36. The summed E-state index contributed by atoms with van der Waals surface area (Å²) < 4.78 is 6.37. The highest BCUT2D eigenvalue weighted by atomic mass is 32.1. The van der Waals surface area contributed by atoms with Crippen LogP contribution in [0.1, 0.15) is 32.5 Å². The first-order valence-electron chi connectivity index (χ1n) is 5.61. The molecule has 0 amide bonds. The van der Waals surface area contributed by atoms with E-state index in [0.29, 0.717) is 24.3 Å². The summed E-state index contributed by atoms with van der Waals surface area (Å²) in [4.78, 5) is 22.7. The predicted molar refractivity (Wildman–Crippen MR) is 68.6 cm³/mol. The van der Waals surface area contributed by atoms with Crippen LogP contribution in [0.3, 0.4) is 0 Å². The number of aromatic nitrogens is 2. The summed E-state index contributed by atoms with van der Waals surface area (Å²) >= 11 is 1.17. The molecular weight excluding hydrogens is 268 g/mol. The second-order valence-corrected chi connectivity index (χ2v) is 4.64. The first kappa shape index (κ1) is 13.3. The molecule has 100 valence electrons. The maximum absolute atomic E-state index is 11.5. The van der Waals surface area contributed by atoms with E-state index in [0.717, 1.165) is 0 Å². The monoisotopic (exact) mass is 280 g/mol. The van der Waals surface area contributed by atoms with Gasteiger partial charge in [-0.25, -0.2) is 9.59 Å². The Labute approximate surface area is 113 Å². The van der Waals surface area contributed by atoms with Crippen molar-refractivity contribution < 1.29 is 19.4 Å². The zero-order valence-corrected chi connectivity index (χ0v) is 11.0. The van der Waals surface area contributed by atoms with Crippen LogP contribution in [0.5, 0.6) is 0 Å². The summed E-state index contributed by atoms with van der Waals surface area (Å²) in [5.41, 5.74) is 1.02. The van der Waals surface area contributed by atoms with Crippen molar-refractivity contribution in [1.29, 1.82) is 0 Å². The number of rotatable bonds is 5. The Hall–Kier alpha value is -2.15. The topological polar surface area (TPSA) is 81.4 Å². The van der Waals surface area contributed by atoms with Gasteiger partial charge >= 0.3 is 11.9 Å². The standard InChI is InChI=1S/C12H12N2O4S/c1-2-18-12(17)9-5-13-14(7-9)6-8-3-4-19-10(8)11(15)16/h3-5,7H,2,6H2,1H3,(H,15,16). The molecule has 7 heteroatoms. The lowest BCUT2D eigenvalue weighted by atomic mass is 10.2. The predicted octanol–water partition coefficient (Wildman–Crippen LogP) is 1.87. The zero-order valence-electron chi connectivity index (χ0n) is 10.2. The first-order valence-corrected chi connectivity index (χ1v) is 6.49. The average molecular weight is 280 g/mol. The smallest absolute Gasteiger partial charge is 0.346 e. The van der Waals surface area contributed by atoms with Gasteiger partial charge in [-0.05, 0) is 23.9 Å². The number of hydrogen-bond donors (Lipinski definition) is 1. The van der Waals surface area contributed by atoms with Crippen LogP contribution in [-0.4, -0.2) is 33.4 Å². The number of carboxylic acids is 1. The molecule has 0 aliphatic rings. The highest BCUT2D eigenvalue weighted by Gasteiger charge is 2.14. The quantitative estimate of drug-likeness (QED) is 0.845. The summed E-state index contributed by atoms with van der Waals surface area (Å²) in [6.45, 7) is 2.34. The Morgan fingerprint density at radius 2 is 2.32 bits per heavy atom. The highest BCUT2D eigenvalue weighted by Crippen LogP contribution is 2.18. The fourth-order valence-corrected chi connectivity index (χ4v) is 2.35. The Kier molecular flexibility index (Phi) is 3.96. The van der Waals surface area contributed by atoms with E-state index < -0.39 is 11.9 Å². The number of aromatic carboxylic acids is 1. The van der Waals surface area contributed by atoms with E-state index in [1.807, 2.05) is 0 Å². The second kappa shape index (κ2) is 5.66. The van der Waals surface area contributed by atoms with Crippen molar-refractivity contribution in [2.24, 2.45) is 0 Å². The van der Waals surface area contributed by atoms with Crippen LogP contribution >= 0.6 is 11.3 Å². The zero-order chi connectivity index (χ0) is 13.8. The Bertz CT molecular complexity index is 602. The van der Waals surface area contributed by atoms with Gasteiger partial charge in [-0.3, -0.25) is 4.68 Å². The molecule has 0 saturated carbocycles. The van der Waals surface area contributed by atoms with E-state index in [4.69, 9.17) is 9.84 Å². The molecule has 0 atom stereocenters. The molecule has 6 nitrogen and oxygen atoms in total. The molecule has 0 unspecified atom stereocenters. The molecule has 0 aliphatic carbocycles. The van der Waals surface area contributed by atoms with E-state index >= 15 is 0 Å². The van der Waals surface area contributed by atoms with Crippen molar-refractivity contribution in [1.82, 2.24) is 9.78 Å². The number of nitrogens with zero attached hydrogens (tertiary/aromatic N) is 2. The van der Waals surface area contributed by atoms with Crippen LogP contribution < -0.4 is 0 Å². The SMILES string of the molecule is CCOC(=O)c1cnn(Cc2ccsc2C(=O)O)c1. The maximum atomic E-state index is 11.5. The molecule has 2 rings (SSSR count). The molecule has 0 radical (unpaired) electrons. The largest absolute Gasteiger partial charge is 0.477 e. The van der Waals surface area contributed by atoms with Gasteiger partial charge in [0.2, 0.25) is 0 Å². The van der Waals surface area contributed by atoms with Gasteiger partial charge in [0.25, 0.3) is 0 Å². The van der Waals surface area contributed by atoms with Gasteiger partial charge in [0.1, 0.15) is 4.88 Å². The minimum absolute atomic E-state index is 0.285. The molecule has 0 saturated heterocycles. The number of carbonyl (C=O) groups is 2. The Morgan fingerprint density at radius 1 is 1.53 bits per heavy atom. The van der Waals surface area contributed by atoms with Crippen LogP contribution in [0.25, 0.3) is 0 Å². The molecule has 0 spiro atoms. The lowest BCUT2D eigenvalue weighted by Gasteiger charge is -2.00. The van der Waals surface area contributed by atoms with Gasteiger partial charge in [-0.15, -0.1) is 11.3 Å². The second-order valence-electron chi connectivity index (χ2n) is 3.73. The lowest BCUT2D eigenvalue weighted by molar-refractivity contribution is 0.0525. The minimum Gasteiger partial charge on any atom is -0.477 e. The third kappa shape index (κ3) is 3.00. The molecule has 2 heterocycles. The van der Waals surface area contributed by atoms with Gasteiger partial charge in [0.05, 0.1) is 24.9 Å². The number of hydrogen-bond acceptors (Lipinski definition) is 5. The molecule has 0 aromatic carbocycles. The Balaban J connectivity index is 2.14. The highest BCUT2D eigenvalue weighted by molar-refractivity contribution is 7.12. The van der Waals surface area contributed by atoms with Crippen molar-refractivity contribution >= 4 is 23.3 Å². The van der Waals surface area contributed by atoms with Gasteiger partial charge in [0.15, 0.2) is 0 Å². The number of carboxylic acid groups (broad SMARTS) is 1. The van der Waals surface area contributed by atoms with Crippen LogP contribution in [0.4, 0.5) is 0 Å². The molecule has 0 fully saturated rings. The van der Waals surface area contributed by atoms with E-state index in [-0.39, 0.29) is 4.88 Å². The van der Waals surface area contributed by atoms with Gasteiger partial charge in [-0.1, -0.05) is 0 Å². The number of thiophene rings is 1. The van der Waals surface area contributed by atoms with Crippen molar-refractivity contribution in [2.45, 2.75) is 13.5 Å². The summed E-state index contributed by atoms with van der Waals surface area (Å²) in [7, 11) is 0. The summed E-state index contributed by atoms with van der Waals surface area (Å²) in [6.07, 6.45) is 2.95. The average Bonchev–Trinajstić information content (AvgIpc) is 2.99. The summed E-state index contributed by atoms with van der Waals surface area (Å²) in [5, 5.41) is 14.7. The lowest BCUT2D eigenvalue weighted by Crippen LogP contribution is -2.05. The fourth-order valence-electron chi connectivity index (χ4n) is 1.59. The fraction of sp³-hybridized carbons (Fsp3) is 0.250. The van der Waals surface area contributed by atoms with Crippen molar-refractivity contribution in [3.05, 3.63) is 39.8 Å². The van der Waals surface area contributed by atoms with Crippen LogP contribution in [0.15, 0.2) is 23.8 Å². The van der Waals surface area contributed by atoms with Crippen molar-refractivity contribution in [2.75, 3.05) is 6.61 Å². The van der Waals surface area contributed by atoms with E-state index in [1.54, 1.807) is 24.6 Å². The molecular formula is C12H12N2O4S. The van der Waals surface area contributed by atoms with E-state index in [1.165, 1.54) is 22.2 Å². The third-order valence-electron chi connectivity index (χ3n) is 2.42. The van der Waals surface area contributed by atoms with E-state index in [9.17, 15) is 9.59 Å². The summed E-state index contributed by atoms with van der Waals surface area (Å²) in [6, 6.07) is 1.74. The normalized spacial score (nSPS) is 10.4. The molecule has 2 aromatic heterocycles. The van der Waals surface area contributed by atoms with Gasteiger partial charge in [-0.2, -0.15) is 5.10 Å².